The third kappa shape index (κ3) is 6.90. The lowest BCUT2D eigenvalue weighted by Gasteiger charge is -2.23. The van der Waals surface area contributed by atoms with Crippen molar-refractivity contribution in [2.75, 3.05) is 11.4 Å². The summed E-state index contributed by atoms with van der Waals surface area (Å²) in [4.78, 5) is 30.1. The summed E-state index contributed by atoms with van der Waals surface area (Å²) in [6.45, 7) is 1.13. The van der Waals surface area contributed by atoms with E-state index in [4.69, 9.17) is 12.2 Å². The van der Waals surface area contributed by atoms with Crippen LogP contribution in [0.3, 0.4) is 0 Å². The Bertz CT molecular complexity index is 1180. The average Bonchev–Trinajstić information content (AvgIpc) is 3.16. The van der Waals surface area contributed by atoms with Crippen molar-refractivity contribution in [2.24, 2.45) is 0 Å². The molecular formula is C29H28N2O2S2. The summed E-state index contributed by atoms with van der Waals surface area (Å²) in [5.74, 6) is 0.0782. The van der Waals surface area contributed by atoms with Crippen LogP contribution in [0.4, 0.5) is 5.69 Å². The van der Waals surface area contributed by atoms with Gasteiger partial charge in [0.05, 0.1) is 11.4 Å². The summed E-state index contributed by atoms with van der Waals surface area (Å²) in [6.07, 6.45) is 4.79. The van der Waals surface area contributed by atoms with Gasteiger partial charge in [-0.25, -0.2) is 0 Å². The first-order valence-corrected chi connectivity index (χ1v) is 13.0. The van der Waals surface area contributed by atoms with Gasteiger partial charge in [-0.15, -0.1) is 0 Å². The largest absolute Gasteiger partial charge is 0.308 e. The second-order valence-electron chi connectivity index (χ2n) is 8.36. The number of para-hydroxylation sites is 1. The maximum atomic E-state index is 13.1. The van der Waals surface area contributed by atoms with Crippen molar-refractivity contribution in [1.82, 2.24) is 4.90 Å². The fourth-order valence-electron chi connectivity index (χ4n) is 3.95. The molecule has 0 unspecified atom stereocenters. The summed E-state index contributed by atoms with van der Waals surface area (Å²) >= 11 is 6.80. The molecule has 1 aliphatic heterocycles. The zero-order valence-corrected chi connectivity index (χ0v) is 21.1. The topological polar surface area (TPSA) is 40.6 Å². The Hall–Kier alpha value is -3.22. The first-order valence-electron chi connectivity index (χ1n) is 11.8. The minimum absolute atomic E-state index is 0.0296. The maximum absolute atomic E-state index is 13.1. The molecule has 35 heavy (non-hydrogen) atoms. The molecule has 2 amide bonds. The molecule has 3 aromatic rings. The molecule has 1 aliphatic rings. The first-order chi connectivity index (χ1) is 17.1. The predicted octanol–water partition coefficient (Wildman–Crippen LogP) is 6.68. The zero-order chi connectivity index (χ0) is 24.5. The van der Waals surface area contributed by atoms with Crippen molar-refractivity contribution in [2.45, 2.75) is 32.2 Å². The number of thiocarbonyl (C=S) groups is 1. The molecule has 0 radical (unpaired) electrons. The van der Waals surface area contributed by atoms with Crippen LogP contribution in [0.1, 0.15) is 36.8 Å². The smallest absolute Gasteiger partial charge is 0.266 e. The summed E-state index contributed by atoms with van der Waals surface area (Å²) < 4.78 is 0.603. The molecule has 178 valence electrons. The minimum atomic E-state index is -0.0296. The van der Waals surface area contributed by atoms with Gasteiger partial charge in [-0.05, 0) is 42.2 Å². The fourth-order valence-corrected chi connectivity index (χ4v) is 5.26. The highest BCUT2D eigenvalue weighted by Crippen LogP contribution is 2.32. The third-order valence-corrected chi connectivity index (χ3v) is 7.17. The molecule has 0 saturated carbocycles. The number of rotatable bonds is 10. The van der Waals surface area contributed by atoms with E-state index in [1.807, 2.05) is 102 Å². The van der Waals surface area contributed by atoms with E-state index in [0.717, 1.165) is 36.1 Å². The van der Waals surface area contributed by atoms with Crippen molar-refractivity contribution in [3.05, 3.63) is 107 Å². The number of thioether (sulfide) groups is 1. The molecule has 1 saturated heterocycles. The molecule has 0 spiro atoms. The van der Waals surface area contributed by atoms with Crippen LogP contribution in [0.15, 0.2) is 95.9 Å². The Kier molecular flexibility index (Phi) is 8.87. The van der Waals surface area contributed by atoms with Gasteiger partial charge in [0.25, 0.3) is 5.91 Å². The van der Waals surface area contributed by atoms with Gasteiger partial charge in [0.1, 0.15) is 4.32 Å². The lowest BCUT2D eigenvalue weighted by Crippen LogP contribution is -2.30. The fraction of sp³-hybridized carbons (Fsp3) is 0.207. The Morgan fingerprint density at radius 2 is 1.49 bits per heavy atom. The summed E-state index contributed by atoms with van der Waals surface area (Å²) in [5, 5.41) is 0. The molecule has 6 heteroatoms. The number of hydrogen-bond acceptors (Lipinski definition) is 4. The second kappa shape index (κ2) is 12.5. The van der Waals surface area contributed by atoms with Crippen LogP contribution < -0.4 is 4.90 Å². The monoisotopic (exact) mass is 500 g/mol. The Morgan fingerprint density at radius 3 is 2.17 bits per heavy atom. The molecule has 4 rings (SSSR count). The molecule has 3 aromatic carbocycles. The van der Waals surface area contributed by atoms with E-state index in [-0.39, 0.29) is 11.8 Å². The van der Waals surface area contributed by atoms with Crippen molar-refractivity contribution in [3.8, 4) is 0 Å². The SMILES string of the molecule is O=C1C(=Cc2ccccc2)SC(=S)N1CCCCCC(=O)N(Cc1ccccc1)c1ccccc1. The molecule has 1 heterocycles. The molecule has 0 aromatic heterocycles. The summed E-state index contributed by atoms with van der Waals surface area (Å²) in [5.41, 5.74) is 3.00. The Labute approximate surface area is 216 Å². The van der Waals surface area contributed by atoms with E-state index in [1.54, 1.807) is 4.90 Å². The van der Waals surface area contributed by atoms with Crippen LogP contribution in [0.5, 0.6) is 0 Å². The number of unbranched alkanes of at least 4 members (excludes halogenated alkanes) is 2. The summed E-state index contributed by atoms with van der Waals surface area (Å²) in [6, 6.07) is 29.6. The number of anilines is 1. The predicted molar refractivity (Wildman–Crippen MR) is 149 cm³/mol. The van der Waals surface area contributed by atoms with Crippen LogP contribution in [-0.4, -0.2) is 27.6 Å². The van der Waals surface area contributed by atoms with Gasteiger partial charge >= 0.3 is 0 Å². The Morgan fingerprint density at radius 1 is 0.857 bits per heavy atom. The van der Waals surface area contributed by atoms with Crippen molar-refractivity contribution in [3.63, 3.8) is 0 Å². The molecule has 0 aliphatic carbocycles. The zero-order valence-electron chi connectivity index (χ0n) is 19.5. The van der Waals surface area contributed by atoms with Crippen molar-refractivity contribution in [1.29, 1.82) is 0 Å². The normalized spacial score (nSPS) is 14.5. The van der Waals surface area contributed by atoms with Gasteiger partial charge in [0, 0.05) is 18.7 Å². The van der Waals surface area contributed by atoms with E-state index < -0.39 is 0 Å². The van der Waals surface area contributed by atoms with Gasteiger partial charge in [0.2, 0.25) is 5.91 Å². The number of nitrogens with zero attached hydrogens (tertiary/aromatic N) is 2. The lowest BCUT2D eigenvalue weighted by atomic mass is 10.1. The van der Waals surface area contributed by atoms with Gasteiger partial charge in [-0.1, -0.05) is 109 Å². The first kappa shape index (κ1) is 24.9. The van der Waals surface area contributed by atoms with Crippen LogP contribution in [0.2, 0.25) is 0 Å². The molecule has 0 atom stereocenters. The molecule has 0 bridgehead atoms. The van der Waals surface area contributed by atoms with Gasteiger partial charge in [-0.2, -0.15) is 0 Å². The van der Waals surface area contributed by atoms with Gasteiger partial charge < -0.3 is 4.90 Å². The van der Waals surface area contributed by atoms with E-state index in [2.05, 4.69) is 0 Å². The van der Waals surface area contributed by atoms with Crippen LogP contribution in [0, 0.1) is 0 Å². The Balaban J connectivity index is 1.27. The number of carbonyl (C=O) groups excluding carboxylic acids is 2. The molecule has 4 nitrogen and oxygen atoms in total. The third-order valence-electron chi connectivity index (χ3n) is 5.80. The summed E-state index contributed by atoms with van der Waals surface area (Å²) in [7, 11) is 0. The average molecular weight is 501 g/mol. The van der Waals surface area contributed by atoms with E-state index in [1.165, 1.54) is 11.8 Å². The van der Waals surface area contributed by atoms with Gasteiger partial charge in [-0.3, -0.25) is 14.5 Å². The number of amides is 2. The standard InChI is InChI=1S/C29H28N2O2S2/c32-27(31(25-17-9-3-10-18-25)22-24-15-7-2-8-16-24)19-11-4-12-20-30-28(33)26(35-29(30)34)21-23-13-5-1-6-14-23/h1-3,5-10,13-18,21H,4,11-12,19-20,22H2. The minimum Gasteiger partial charge on any atom is -0.308 e. The maximum Gasteiger partial charge on any atom is 0.266 e. The highest BCUT2D eigenvalue weighted by molar-refractivity contribution is 8.26. The van der Waals surface area contributed by atoms with Crippen LogP contribution in [0.25, 0.3) is 6.08 Å². The van der Waals surface area contributed by atoms with Crippen LogP contribution in [-0.2, 0) is 16.1 Å². The lowest BCUT2D eigenvalue weighted by molar-refractivity contribution is -0.122. The van der Waals surface area contributed by atoms with E-state index in [0.29, 0.717) is 28.7 Å². The number of hydrogen-bond donors (Lipinski definition) is 0. The molecular weight excluding hydrogens is 472 g/mol. The van der Waals surface area contributed by atoms with Crippen LogP contribution >= 0.6 is 24.0 Å². The second-order valence-corrected chi connectivity index (χ2v) is 10.0. The van der Waals surface area contributed by atoms with Gasteiger partial charge in [0.15, 0.2) is 0 Å². The number of benzene rings is 3. The quantitative estimate of drug-likeness (QED) is 0.177. The highest BCUT2D eigenvalue weighted by atomic mass is 32.2. The molecule has 0 N–H and O–H groups in total. The van der Waals surface area contributed by atoms with E-state index in [9.17, 15) is 9.59 Å². The molecule has 1 fully saturated rings. The highest BCUT2D eigenvalue weighted by Gasteiger charge is 2.31. The van der Waals surface area contributed by atoms with E-state index >= 15 is 0 Å². The number of carbonyl (C=O) groups is 2. The van der Waals surface area contributed by atoms with Crippen molar-refractivity contribution >= 4 is 51.9 Å². The van der Waals surface area contributed by atoms with Crippen molar-refractivity contribution < 1.29 is 9.59 Å².